The van der Waals surface area contributed by atoms with Gasteiger partial charge < -0.3 is 14.5 Å². The summed E-state index contributed by atoms with van der Waals surface area (Å²) in [6, 6.07) is 10.1. The lowest BCUT2D eigenvalue weighted by Crippen LogP contribution is -2.44. The number of hydrogen-bond donors (Lipinski definition) is 0. The van der Waals surface area contributed by atoms with Gasteiger partial charge in [0.05, 0.1) is 19.2 Å². The molecule has 0 unspecified atom stereocenters. The topological polar surface area (TPSA) is 49.9 Å². The number of nitrogens with zero attached hydrogens (tertiary/aromatic N) is 2. The second-order valence-electron chi connectivity index (χ2n) is 6.99. The normalized spacial score (nSPS) is 16.1. The van der Waals surface area contributed by atoms with Crippen LogP contribution < -0.4 is 0 Å². The summed E-state index contributed by atoms with van der Waals surface area (Å²) in [5.74, 6) is -0.577. The van der Waals surface area contributed by atoms with E-state index in [1.54, 1.807) is 33.3 Å². The van der Waals surface area contributed by atoms with Gasteiger partial charge in [0, 0.05) is 31.5 Å². The predicted octanol–water partition coefficient (Wildman–Crippen LogP) is 3.44. The van der Waals surface area contributed by atoms with Crippen LogP contribution in [0.4, 0.5) is 4.39 Å². The van der Waals surface area contributed by atoms with Gasteiger partial charge in [0.25, 0.3) is 0 Å². The van der Waals surface area contributed by atoms with Crippen LogP contribution in [0.25, 0.3) is 0 Å². The lowest BCUT2D eigenvalue weighted by molar-refractivity contribution is -0.141. The zero-order valence-electron chi connectivity index (χ0n) is 16.0. The highest BCUT2D eigenvalue weighted by Crippen LogP contribution is 2.17. The quantitative estimate of drug-likeness (QED) is 0.677. The summed E-state index contributed by atoms with van der Waals surface area (Å²) >= 11 is 1.58. The van der Waals surface area contributed by atoms with Gasteiger partial charge in [0.2, 0.25) is 11.8 Å². The fourth-order valence-corrected chi connectivity index (χ4v) is 3.95. The van der Waals surface area contributed by atoms with E-state index in [0.29, 0.717) is 26.2 Å². The average Bonchev–Trinajstić information content (AvgIpc) is 3.36. The van der Waals surface area contributed by atoms with E-state index in [9.17, 15) is 14.0 Å². The zero-order valence-corrected chi connectivity index (χ0v) is 16.8. The van der Waals surface area contributed by atoms with E-state index in [0.717, 1.165) is 23.3 Å². The molecule has 5 nitrogen and oxygen atoms in total. The Morgan fingerprint density at radius 3 is 2.57 bits per heavy atom. The molecular weight excluding hydrogens is 379 g/mol. The number of carbonyl (C=O) groups is 2. The molecule has 0 aliphatic carbocycles. The molecule has 2 aromatic rings. The van der Waals surface area contributed by atoms with Gasteiger partial charge in [0.1, 0.15) is 5.82 Å². The van der Waals surface area contributed by atoms with Crippen molar-refractivity contribution in [3.8, 4) is 0 Å². The molecule has 0 radical (unpaired) electrons. The molecule has 2 amide bonds. The first-order chi connectivity index (χ1) is 13.5. The molecule has 150 valence electrons. The van der Waals surface area contributed by atoms with Gasteiger partial charge in [-0.1, -0.05) is 18.2 Å². The van der Waals surface area contributed by atoms with Gasteiger partial charge in [-0.15, -0.1) is 11.3 Å². The van der Waals surface area contributed by atoms with E-state index in [4.69, 9.17) is 4.74 Å². The third-order valence-corrected chi connectivity index (χ3v) is 5.65. The van der Waals surface area contributed by atoms with Gasteiger partial charge in [-0.3, -0.25) is 9.59 Å². The first kappa shape index (κ1) is 20.5. The van der Waals surface area contributed by atoms with Crippen molar-refractivity contribution in [1.29, 1.82) is 0 Å². The number of hydrogen-bond acceptors (Lipinski definition) is 4. The van der Waals surface area contributed by atoms with Gasteiger partial charge in [-0.2, -0.15) is 0 Å². The van der Waals surface area contributed by atoms with Crippen molar-refractivity contribution in [3.05, 3.63) is 58.0 Å². The molecule has 0 bridgehead atoms. The van der Waals surface area contributed by atoms with Crippen molar-refractivity contribution < 1.29 is 18.7 Å². The number of carbonyl (C=O) groups excluding carboxylic acids is 2. The Balaban J connectivity index is 1.70. The monoisotopic (exact) mass is 404 g/mol. The number of thiophene rings is 1. The second kappa shape index (κ2) is 9.80. The van der Waals surface area contributed by atoms with Crippen molar-refractivity contribution in [2.45, 2.75) is 39.0 Å². The molecule has 1 fully saturated rings. The maximum Gasteiger partial charge on any atom is 0.242 e. The third kappa shape index (κ3) is 5.87. The highest BCUT2D eigenvalue weighted by molar-refractivity contribution is 7.09. The van der Waals surface area contributed by atoms with Crippen molar-refractivity contribution >= 4 is 23.2 Å². The van der Waals surface area contributed by atoms with Crippen LogP contribution in [0.3, 0.4) is 0 Å². The van der Waals surface area contributed by atoms with Crippen LogP contribution in [0.15, 0.2) is 41.8 Å². The highest BCUT2D eigenvalue weighted by atomic mass is 32.1. The molecule has 1 aliphatic rings. The molecule has 1 aromatic carbocycles. The van der Waals surface area contributed by atoms with E-state index < -0.39 is 0 Å². The Morgan fingerprint density at radius 2 is 1.96 bits per heavy atom. The van der Waals surface area contributed by atoms with Crippen molar-refractivity contribution in [1.82, 2.24) is 9.80 Å². The molecule has 0 spiro atoms. The maximum absolute atomic E-state index is 13.2. The van der Waals surface area contributed by atoms with Crippen LogP contribution in [0.2, 0.25) is 0 Å². The van der Waals surface area contributed by atoms with Crippen molar-refractivity contribution in [2.75, 3.05) is 19.7 Å². The summed E-state index contributed by atoms with van der Waals surface area (Å²) in [7, 11) is 0. The van der Waals surface area contributed by atoms with E-state index in [2.05, 4.69) is 0 Å². The van der Waals surface area contributed by atoms with Crippen LogP contribution in [0.5, 0.6) is 0 Å². The summed E-state index contributed by atoms with van der Waals surface area (Å²) in [4.78, 5) is 29.4. The van der Waals surface area contributed by atoms with Crippen LogP contribution in [0, 0.1) is 5.82 Å². The molecule has 1 atom stereocenters. The molecule has 1 aromatic heterocycles. The number of rotatable bonds is 8. The van der Waals surface area contributed by atoms with E-state index >= 15 is 0 Å². The molecule has 0 saturated carbocycles. The number of halogens is 1. The predicted molar refractivity (Wildman–Crippen MR) is 106 cm³/mol. The Labute approximate surface area is 168 Å². The van der Waals surface area contributed by atoms with E-state index in [1.165, 1.54) is 19.1 Å². The Hall–Kier alpha value is -2.25. The first-order valence-corrected chi connectivity index (χ1v) is 10.3. The van der Waals surface area contributed by atoms with Crippen LogP contribution >= 0.6 is 11.3 Å². The minimum Gasteiger partial charge on any atom is -0.376 e. The SMILES string of the molecule is CC(=O)N(CC(=O)N(Cc1ccc(F)cc1)Cc1cccs1)C[C@H]1CCCO1. The van der Waals surface area contributed by atoms with Crippen molar-refractivity contribution in [3.63, 3.8) is 0 Å². The summed E-state index contributed by atoms with van der Waals surface area (Å²) < 4.78 is 18.8. The van der Waals surface area contributed by atoms with E-state index in [-0.39, 0.29) is 30.3 Å². The van der Waals surface area contributed by atoms with Gasteiger partial charge in [-0.05, 0) is 42.0 Å². The molecule has 1 saturated heterocycles. The minimum atomic E-state index is -0.306. The first-order valence-electron chi connectivity index (χ1n) is 9.43. The third-order valence-electron chi connectivity index (χ3n) is 4.79. The Kier molecular flexibility index (Phi) is 7.17. The van der Waals surface area contributed by atoms with Crippen molar-refractivity contribution in [2.24, 2.45) is 0 Å². The molecule has 2 heterocycles. The molecule has 1 aliphatic heterocycles. The minimum absolute atomic E-state index is 0.000422. The zero-order chi connectivity index (χ0) is 19.9. The summed E-state index contributed by atoms with van der Waals surface area (Å²) in [5.41, 5.74) is 0.847. The second-order valence-corrected chi connectivity index (χ2v) is 8.02. The fraction of sp³-hybridized carbons (Fsp3) is 0.429. The standard InChI is InChI=1S/C21H25FN2O3S/c1-16(25)23(13-19-4-2-10-27-19)15-21(26)24(14-20-5-3-11-28-20)12-17-6-8-18(22)9-7-17/h3,5-9,11,19H,2,4,10,12-15H2,1H3/t19-/m1/s1. The smallest absolute Gasteiger partial charge is 0.242 e. The van der Waals surface area contributed by atoms with Gasteiger partial charge >= 0.3 is 0 Å². The number of ether oxygens (including phenoxy) is 1. The molecule has 7 heteroatoms. The summed E-state index contributed by atoms with van der Waals surface area (Å²) in [6.07, 6.45) is 1.89. The summed E-state index contributed by atoms with van der Waals surface area (Å²) in [6.45, 7) is 3.46. The fourth-order valence-electron chi connectivity index (χ4n) is 3.23. The van der Waals surface area contributed by atoms with Crippen LogP contribution in [0.1, 0.15) is 30.2 Å². The Bertz CT molecular complexity index is 773. The largest absolute Gasteiger partial charge is 0.376 e. The van der Waals surface area contributed by atoms with Gasteiger partial charge in [-0.25, -0.2) is 4.39 Å². The van der Waals surface area contributed by atoms with Crippen LogP contribution in [-0.4, -0.2) is 47.4 Å². The average molecular weight is 405 g/mol. The number of benzene rings is 1. The molecule has 28 heavy (non-hydrogen) atoms. The molecule has 3 rings (SSSR count). The van der Waals surface area contributed by atoms with Crippen LogP contribution in [-0.2, 0) is 27.4 Å². The molecular formula is C21H25FN2O3S. The lowest BCUT2D eigenvalue weighted by Gasteiger charge is -2.28. The maximum atomic E-state index is 13.2. The number of amides is 2. The van der Waals surface area contributed by atoms with E-state index in [1.807, 2.05) is 17.5 Å². The Morgan fingerprint density at radius 1 is 1.18 bits per heavy atom. The lowest BCUT2D eigenvalue weighted by atomic mass is 10.2. The van der Waals surface area contributed by atoms with Gasteiger partial charge in [0.15, 0.2) is 0 Å². The molecule has 0 N–H and O–H groups in total. The summed E-state index contributed by atoms with van der Waals surface area (Å²) in [5, 5.41) is 1.97. The highest BCUT2D eigenvalue weighted by Gasteiger charge is 2.25.